The molecule has 3 rings (SSSR count). The zero-order valence-corrected chi connectivity index (χ0v) is 11.7. The van der Waals surface area contributed by atoms with Crippen molar-refractivity contribution >= 4 is 15.9 Å². The average molecular weight is 296 g/mol. The molecule has 3 heteroatoms. The molecular formula is C14H18BrNO. The lowest BCUT2D eigenvalue weighted by Gasteiger charge is -2.32. The Morgan fingerprint density at radius 2 is 2.06 bits per heavy atom. The molecule has 2 aliphatic rings. The van der Waals surface area contributed by atoms with Crippen LogP contribution in [-0.2, 0) is 6.42 Å². The van der Waals surface area contributed by atoms with Gasteiger partial charge in [0.2, 0.25) is 0 Å². The molecule has 1 fully saturated rings. The second-order valence-electron chi connectivity index (χ2n) is 5.25. The molecule has 0 N–H and O–H groups in total. The fourth-order valence-electron chi connectivity index (χ4n) is 2.91. The molecule has 2 aliphatic heterocycles. The Hall–Kier alpha value is -0.540. The summed E-state index contributed by atoms with van der Waals surface area (Å²) in [5.41, 5.74) is 1.36. The first kappa shape index (κ1) is 11.5. The van der Waals surface area contributed by atoms with Gasteiger partial charge in [0.1, 0.15) is 11.9 Å². The summed E-state index contributed by atoms with van der Waals surface area (Å²) in [7, 11) is 2.21. The third-order valence-electron chi connectivity index (χ3n) is 4.01. The van der Waals surface area contributed by atoms with E-state index >= 15 is 0 Å². The highest BCUT2D eigenvalue weighted by Gasteiger charge is 2.32. The van der Waals surface area contributed by atoms with Crippen LogP contribution in [0.25, 0.3) is 0 Å². The van der Waals surface area contributed by atoms with Gasteiger partial charge in [0, 0.05) is 10.9 Å². The second kappa shape index (κ2) is 4.62. The molecule has 0 bridgehead atoms. The van der Waals surface area contributed by atoms with E-state index in [9.17, 15) is 0 Å². The summed E-state index contributed by atoms with van der Waals surface area (Å²) in [5.74, 6) is 1.83. The molecule has 0 amide bonds. The molecule has 0 radical (unpaired) electrons. The minimum absolute atomic E-state index is 0.410. The molecule has 17 heavy (non-hydrogen) atoms. The van der Waals surface area contributed by atoms with Crippen LogP contribution in [0, 0.1) is 5.92 Å². The molecule has 0 aliphatic carbocycles. The van der Waals surface area contributed by atoms with Gasteiger partial charge in [-0.3, -0.25) is 0 Å². The Labute approximate surface area is 111 Å². The molecule has 2 nitrogen and oxygen atoms in total. The molecule has 0 aromatic heterocycles. The van der Waals surface area contributed by atoms with Crippen LogP contribution in [0.5, 0.6) is 5.75 Å². The Morgan fingerprint density at radius 1 is 1.29 bits per heavy atom. The molecule has 1 atom stereocenters. The van der Waals surface area contributed by atoms with Crippen molar-refractivity contribution in [2.45, 2.75) is 25.4 Å². The smallest absolute Gasteiger partial charge is 0.123 e. The standard InChI is InChI=1S/C14H18BrNO/c1-16-6-4-10(5-7-16)14-9-11-8-12(15)2-3-13(11)17-14/h2-3,8,10,14H,4-7,9H2,1H3. The van der Waals surface area contributed by atoms with E-state index in [1.54, 1.807) is 0 Å². The number of likely N-dealkylation sites (tertiary alicyclic amines) is 1. The number of halogens is 1. The van der Waals surface area contributed by atoms with Gasteiger partial charge in [0.05, 0.1) is 0 Å². The zero-order chi connectivity index (χ0) is 11.8. The molecule has 0 spiro atoms. The lowest BCUT2D eigenvalue weighted by atomic mass is 9.89. The summed E-state index contributed by atoms with van der Waals surface area (Å²) >= 11 is 3.53. The molecule has 0 saturated carbocycles. The van der Waals surface area contributed by atoms with Crippen molar-refractivity contribution in [2.24, 2.45) is 5.92 Å². The van der Waals surface area contributed by atoms with Gasteiger partial charge in [-0.15, -0.1) is 0 Å². The van der Waals surface area contributed by atoms with Gasteiger partial charge in [-0.25, -0.2) is 0 Å². The van der Waals surface area contributed by atoms with E-state index in [4.69, 9.17) is 4.74 Å². The van der Waals surface area contributed by atoms with Crippen molar-refractivity contribution in [1.82, 2.24) is 4.90 Å². The lowest BCUT2D eigenvalue weighted by molar-refractivity contribution is 0.101. The number of piperidine rings is 1. The maximum Gasteiger partial charge on any atom is 0.123 e. The third kappa shape index (κ3) is 2.36. The van der Waals surface area contributed by atoms with Gasteiger partial charge in [-0.2, -0.15) is 0 Å². The number of ether oxygens (including phenoxy) is 1. The molecule has 1 unspecified atom stereocenters. The van der Waals surface area contributed by atoms with Gasteiger partial charge in [-0.05, 0) is 62.7 Å². The van der Waals surface area contributed by atoms with Crippen LogP contribution in [0.2, 0.25) is 0 Å². The van der Waals surface area contributed by atoms with Crippen LogP contribution < -0.4 is 4.74 Å². The number of hydrogen-bond acceptors (Lipinski definition) is 2. The second-order valence-corrected chi connectivity index (χ2v) is 6.17. The Kier molecular flexibility index (Phi) is 3.14. The van der Waals surface area contributed by atoms with Crippen LogP contribution in [0.15, 0.2) is 22.7 Å². The van der Waals surface area contributed by atoms with Crippen molar-refractivity contribution in [2.75, 3.05) is 20.1 Å². The number of benzene rings is 1. The minimum atomic E-state index is 0.410. The molecule has 2 heterocycles. The van der Waals surface area contributed by atoms with Gasteiger partial charge in [-0.1, -0.05) is 15.9 Å². The first-order chi connectivity index (χ1) is 8.22. The van der Waals surface area contributed by atoms with E-state index in [1.807, 2.05) is 0 Å². The predicted octanol–water partition coefficient (Wildman–Crippen LogP) is 3.09. The lowest BCUT2D eigenvalue weighted by Crippen LogP contribution is -2.37. The normalized spacial score (nSPS) is 25.6. The number of hydrogen-bond donors (Lipinski definition) is 0. The summed E-state index contributed by atoms with van der Waals surface area (Å²) in [6.07, 6.45) is 4.04. The van der Waals surface area contributed by atoms with Gasteiger partial charge < -0.3 is 9.64 Å². The molecular weight excluding hydrogens is 278 g/mol. The van der Waals surface area contributed by atoms with E-state index in [-0.39, 0.29) is 0 Å². The van der Waals surface area contributed by atoms with Crippen LogP contribution in [-0.4, -0.2) is 31.1 Å². The van der Waals surface area contributed by atoms with E-state index in [0.717, 1.165) is 22.6 Å². The highest BCUT2D eigenvalue weighted by atomic mass is 79.9. The maximum atomic E-state index is 6.10. The van der Waals surface area contributed by atoms with E-state index in [1.165, 1.54) is 31.5 Å². The Balaban J connectivity index is 1.69. The van der Waals surface area contributed by atoms with Crippen LogP contribution in [0.3, 0.4) is 0 Å². The van der Waals surface area contributed by atoms with Crippen LogP contribution in [0.1, 0.15) is 18.4 Å². The molecule has 92 valence electrons. The number of rotatable bonds is 1. The Bertz CT molecular complexity index is 413. The van der Waals surface area contributed by atoms with Crippen molar-refractivity contribution in [1.29, 1.82) is 0 Å². The average Bonchev–Trinajstić information content (AvgIpc) is 2.72. The molecule has 1 aromatic carbocycles. The monoisotopic (exact) mass is 295 g/mol. The molecule has 1 aromatic rings. The summed E-state index contributed by atoms with van der Waals surface area (Å²) in [5, 5.41) is 0. The van der Waals surface area contributed by atoms with Gasteiger partial charge in [0.15, 0.2) is 0 Å². The first-order valence-electron chi connectivity index (χ1n) is 6.36. The predicted molar refractivity (Wildman–Crippen MR) is 72.5 cm³/mol. The Morgan fingerprint density at radius 3 is 2.82 bits per heavy atom. The van der Waals surface area contributed by atoms with E-state index in [0.29, 0.717) is 6.10 Å². The van der Waals surface area contributed by atoms with Gasteiger partial charge in [0.25, 0.3) is 0 Å². The van der Waals surface area contributed by atoms with Crippen molar-refractivity contribution < 1.29 is 4.74 Å². The minimum Gasteiger partial charge on any atom is -0.490 e. The van der Waals surface area contributed by atoms with Crippen molar-refractivity contribution in [3.8, 4) is 5.75 Å². The van der Waals surface area contributed by atoms with E-state index in [2.05, 4.69) is 46.1 Å². The number of nitrogens with zero attached hydrogens (tertiary/aromatic N) is 1. The highest BCUT2D eigenvalue weighted by Crippen LogP contribution is 2.36. The largest absolute Gasteiger partial charge is 0.490 e. The molecule has 1 saturated heterocycles. The maximum absolute atomic E-state index is 6.10. The van der Waals surface area contributed by atoms with Crippen molar-refractivity contribution in [3.05, 3.63) is 28.2 Å². The fraction of sp³-hybridized carbons (Fsp3) is 0.571. The SMILES string of the molecule is CN1CCC(C2Cc3cc(Br)ccc3O2)CC1. The summed E-state index contributed by atoms with van der Waals surface area (Å²) < 4.78 is 7.25. The third-order valence-corrected chi connectivity index (χ3v) is 4.50. The fourth-order valence-corrected chi connectivity index (χ4v) is 3.32. The topological polar surface area (TPSA) is 12.5 Å². The van der Waals surface area contributed by atoms with Gasteiger partial charge >= 0.3 is 0 Å². The highest BCUT2D eigenvalue weighted by molar-refractivity contribution is 9.10. The summed E-state index contributed by atoms with van der Waals surface area (Å²) in [6.45, 7) is 2.43. The van der Waals surface area contributed by atoms with Crippen LogP contribution >= 0.6 is 15.9 Å². The first-order valence-corrected chi connectivity index (χ1v) is 7.15. The zero-order valence-electron chi connectivity index (χ0n) is 10.2. The summed E-state index contributed by atoms with van der Waals surface area (Å²) in [4.78, 5) is 2.41. The van der Waals surface area contributed by atoms with Crippen molar-refractivity contribution in [3.63, 3.8) is 0 Å². The number of fused-ring (bicyclic) bond motifs is 1. The quantitative estimate of drug-likeness (QED) is 0.789. The van der Waals surface area contributed by atoms with Crippen LogP contribution in [0.4, 0.5) is 0 Å². The summed E-state index contributed by atoms with van der Waals surface area (Å²) in [6, 6.07) is 6.36. The van der Waals surface area contributed by atoms with E-state index < -0.39 is 0 Å².